The van der Waals surface area contributed by atoms with Crippen LogP contribution in [0.2, 0.25) is 0 Å². The molecule has 0 bridgehead atoms. The molecule has 92 valence electrons. The van der Waals surface area contributed by atoms with Crippen LogP contribution in [0.25, 0.3) is 0 Å². The Labute approximate surface area is 96.9 Å². The summed E-state index contributed by atoms with van der Waals surface area (Å²) in [6.45, 7) is 3.48. The number of nitrogens with one attached hydrogen (secondary N) is 1. The van der Waals surface area contributed by atoms with Crippen LogP contribution < -0.4 is 11.1 Å². The summed E-state index contributed by atoms with van der Waals surface area (Å²) in [6.07, 6.45) is 5.70. The number of rotatable bonds is 4. The van der Waals surface area contributed by atoms with Gasteiger partial charge < -0.3 is 15.8 Å². The first-order valence-electron chi connectivity index (χ1n) is 6.21. The Morgan fingerprint density at radius 1 is 1.38 bits per heavy atom. The van der Waals surface area contributed by atoms with Crippen LogP contribution in [0, 0.1) is 0 Å². The van der Waals surface area contributed by atoms with Crippen molar-refractivity contribution in [3.8, 4) is 0 Å². The average molecular weight is 226 g/mol. The van der Waals surface area contributed by atoms with Gasteiger partial charge in [-0.05, 0) is 39.0 Å². The summed E-state index contributed by atoms with van der Waals surface area (Å²) in [6, 6.07) is 0. The lowest BCUT2D eigenvalue weighted by Crippen LogP contribution is -2.51. The Bertz CT molecular complexity index is 268. The van der Waals surface area contributed by atoms with Crippen LogP contribution in [0.15, 0.2) is 0 Å². The van der Waals surface area contributed by atoms with E-state index in [0.29, 0.717) is 13.0 Å². The summed E-state index contributed by atoms with van der Waals surface area (Å²) in [7, 11) is 0. The van der Waals surface area contributed by atoms with Gasteiger partial charge in [-0.15, -0.1) is 0 Å². The molecule has 1 aliphatic carbocycles. The van der Waals surface area contributed by atoms with Gasteiger partial charge in [0.2, 0.25) is 5.91 Å². The summed E-state index contributed by atoms with van der Waals surface area (Å²) in [5.41, 5.74) is 5.65. The molecule has 0 aromatic carbocycles. The van der Waals surface area contributed by atoms with Gasteiger partial charge in [-0.2, -0.15) is 0 Å². The summed E-state index contributed by atoms with van der Waals surface area (Å²) in [5.74, 6) is 0.0684. The average Bonchev–Trinajstić information content (AvgIpc) is 2.61. The number of carbonyl (C=O) groups is 1. The van der Waals surface area contributed by atoms with E-state index < -0.39 is 0 Å². The lowest BCUT2D eigenvalue weighted by Gasteiger charge is -2.37. The molecule has 3 N–H and O–H groups in total. The minimum Gasteiger partial charge on any atom is -0.373 e. The van der Waals surface area contributed by atoms with E-state index in [9.17, 15) is 4.79 Å². The Kier molecular flexibility index (Phi) is 3.22. The Morgan fingerprint density at radius 3 is 2.62 bits per heavy atom. The molecule has 1 aliphatic heterocycles. The Morgan fingerprint density at radius 2 is 2.12 bits per heavy atom. The molecule has 0 spiro atoms. The first kappa shape index (κ1) is 11.9. The minimum atomic E-state index is -0.221. The quantitative estimate of drug-likeness (QED) is 0.750. The number of carbonyl (C=O) groups excluding carboxylic acids is 1. The lowest BCUT2D eigenvalue weighted by molar-refractivity contribution is -0.124. The third-order valence-electron chi connectivity index (χ3n) is 3.82. The standard InChI is InChI=1S/C12H22N2O2/c1-11(4-3-7-16-11)9-14-10(15)8-12(13)5-2-6-12/h2-9,13H2,1H3,(H,14,15). The topological polar surface area (TPSA) is 64.4 Å². The number of hydrogen-bond donors (Lipinski definition) is 2. The molecule has 1 saturated carbocycles. The smallest absolute Gasteiger partial charge is 0.221 e. The summed E-state index contributed by atoms with van der Waals surface area (Å²) < 4.78 is 5.62. The molecule has 1 saturated heterocycles. The van der Waals surface area contributed by atoms with Crippen molar-refractivity contribution in [2.75, 3.05) is 13.2 Å². The maximum atomic E-state index is 11.7. The van der Waals surface area contributed by atoms with Crippen molar-refractivity contribution >= 4 is 5.91 Å². The highest BCUT2D eigenvalue weighted by Crippen LogP contribution is 2.32. The fourth-order valence-electron chi connectivity index (χ4n) is 2.45. The van der Waals surface area contributed by atoms with E-state index in [4.69, 9.17) is 10.5 Å². The molecule has 0 aromatic rings. The van der Waals surface area contributed by atoms with Crippen LogP contribution in [0.4, 0.5) is 0 Å². The van der Waals surface area contributed by atoms with E-state index in [2.05, 4.69) is 12.2 Å². The SMILES string of the molecule is CC1(CNC(=O)CC2(N)CCC2)CCCO1. The van der Waals surface area contributed by atoms with Crippen LogP contribution in [0.3, 0.4) is 0 Å². The van der Waals surface area contributed by atoms with Gasteiger partial charge in [0.15, 0.2) is 0 Å². The first-order chi connectivity index (χ1) is 7.52. The summed E-state index contributed by atoms with van der Waals surface area (Å²) >= 11 is 0. The van der Waals surface area contributed by atoms with Crippen molar-refractivity contribution in [1.29, 1.82) is 0 Å². The molecule has 2 fully saturated rings. The fraction of sp³-hybridized carbons (Fsp3) is 0.917. The zero-order valence-electron chi connectivity index (χ0n) is 10.1. The van der Waals surface area contributed by atoms with Crippen LogP contribution in [-0.2, 0) is 9.53 Å². The largest absolute Gasteiger partial charge is 0.373 e. The van der Waals surface area contributed by atoms with E-state index >= 15 is 0 Å². The number of nitrogens with two attached hydrogens (primary N) is 1. The zero-order valence-corrected chi connectivity index (χ0v) is 10.1. The molecule has 1 atom stereocenters. The molecule has 1 heterocycles. The van der Waals surface area contributed by atoms with Gasteiger partial charge in [0.1, 0.15) is 0 Å². The Hall–Kier alpha value is -0.610. The van der Waals surface area contributed by atoms with E-state index in [1.54, 1.807) is 0 Å². The zero-order chi connectivity index (χ0) is 11.6. The van der Waals surface area contributed by atoms with E-state index in [1.165, 1.54) is 0 Å². The molecule has 0 aromatic heterocycles. The van der Waals surface area contributed by atoms with Crippen molar-refractivity contribution < 1.29 is 9.53 Å². The molecule has 1 amide bonds. The van der Waals surface area contributed by atoms with E-state index in [0.717, 1.165) is 38.7 Å². The predicted octanol–water partition coefficient (Wildman–Crippen LogP) is 0.943. The van der Waals surface area contributed by atoms with Crippen LogP contribution in [0.5, 0.6) is 0 Å². The second-order valence-corrected chi connectivity index (χ2v) is 5.57. The van der Waals surface area contributed by atoms with Crippen molar-refractivity contribution in [3.63, 3.8) is 0 Å². The highest BCUT2D eigenvalue weighted by Gasteiger charge is 2.35. The van der Waals surface area contributed by atoms with Crippen LogP contribution >= 0.6 is 0 Å². The van der Waals surface area contributed by atoms with Crippen LogP contribution in [0.1, 0.15) is 45.4 Å². The van der Waals surface area contributed by atoms with Gasteiger partial charge in [0, 0.05) is 25.1 Å². The normalized spacial score (nSPS) is 32.1. The maximum Gasteiger partial charge on any atom is 0.221 e. The van der Waals surface area contributed by atoms with Gasteiger partial charge in [-0.1, -0.05) is 0 Å². The van der Waals surface area contributed by atoms with Crippen molar-refractivity contribution in [2.24, 2.45) is 5.73 Å². The van der Waals surface area contributed by atoms with Crippen LogP contribution in [-0.4, -0.2) is 30.2 Å². The third-order valence-corrected chi connectivity index (χ3v) is 3.82. The molecule has 2 rings (SSSR count). The van der Waals surface area contributed by atoms with E-state index in [1.807, 2.05) is 0 Å². The molecular formula is C12H22N2O2. The van der Waals surface area contributed by atoms with Gasteiger partial charge in [-0.3, -0.25) is 4.79 Å². The second-order valence-electron chi connectivity index (χ2n) is 5.57. The maximum absolute atomic E-state index is 11.7. The first-order valence-corrected chi connectivity index (χ1v) is 6.21. The highest BCUT2D eigenvalue weighted by molar-refractivity contribution is 5.77. The molecule has 4 heteroatoms. The van der Waals surface area contributed by atoms with Gasteiger partial charge in [0.25, 0.3) is 0 Å². The minimum absolute atomic E-state index is 0.0684. The molecule has 0 radical (unpaired) electrons. The number of ether oxygens (including phenoxy) is 1. The van der Waals surface area contributed by atoms with E-state index in [-0.39, 0.29) is 17.0 Å². The highest BCUT2D eigenvalue weighted by atomic mass is 16.5. The van der Waals surface area contributed by atoms with Gasteiger partial charge in [-0.25, -0.2) is 0 Å². The van der Waals surface area contributed by atoms with Crippen molar-refractivity contribution in [1.82, 2.24) is 5.32 Å². The molecule has 2 aliphatic rings. The predicted molar refractivity (Wildman–Crippen MR) is 62.0 cm³/mol. The third kappa shape index (κ3) is 2.74. The van der Waals surface area contributed by atoms with Crippen molar-refractivity contribution in [2.45, 2.75) is 56.6 Å². The lowest BCUT2D eigenvalue weighted by atomic mass is 9.75. The number of hydrogen-bond acceptors (Lipinski definition) is 3. The Balaban J connectivity index is 1.71. The summed E-state index contributed by atoms with van der Waals surface area (Å²) in [4.78, 5) is 11.7. The number of amides is 1. The molecule has 1 unspecified atom stereocenters. The molecular weight excluding hydrogens is 204 g/mol. The molecule has 4 nitrogen and oxygen atoms in total. The van der Waals surface area contributed by atoms with Gasteiger partial charge in [0.05, 0.1) is 5.60 Å². The second kappa shape index (κ2) is 4.34. The van der Waals surface area contributed by atoms with Crippen molar-refractivity contribution in [3.05, 3.63) is 0 Å². The summed E-state index contributed by atoms with van der Waals surface area (Å²) in [5, 5.41) is 2.95. The fourth-order valence-corrected chi connectivity index (χ4v) is 2.45. The van der Waals surface area contributed by atoms with Gasteiger partial charge >= 0.3 is 0 Å². The molecule has 16 heavy (non-hydrogen) atoms. The monoisotopic (exact) mass is 226 g/mol.